The van der Waals surface area contributed by atoms with Gasteiger partial charge in [-0.1, -0.05) is 335 Å². The minimum Gasteiger partial charge on any atom is -0.392 e. The van der Waals surface area contributed by atoms with Gasteiger partial charge < -0.3 is 38.6 Å². The van der Waals surface area contributed by atoms with Crippen LogP contribution in [0.2, 0.25) is 0 Å². The van der Waals surface area contributed by atoms with E-state index in [-0.39, 0.29) is 36.3 Å². The number of anilines is 6. The summed E-state index contributed by atoms with van der Waals surface area (Å²) in [6.07, 6.45) is 3.54. The van der Waals surface area contributed by atoms with Crippen LogP contribution in [0.1, 0.15) is 123 Å². The third-order valence-electron chi connectivity index (χ3n) is 29.8. The molecule has 0 radical (unpaired) electrons. The number of aromatic nitrogens is 2. The van der Waals surface area contributed by atoms with Crippen LogP contribution in [-0.2, 0) is 66.0 Å². The van der Waals surface area contributed by atoms with E-state index in [1.54, 1.807) is 0 Å². The predicted molar refractivity (Wildman–Crippen MR) is 577 cm³/mol. The van der Waals surface area contributed by atoms with Crippen LogP contribution >= 0.6 is 15.9 Å². The summed E-state index contributed by atoms with van der Waals surface area (Å²) in [5.74, 6) is 0. The van der Waals surface area contributed by atoms with Crippen LogP contribution in [0.5, 0.6) is 0 Å². The van der Waals surface area contributed by atoms with Crippen molar-refractivity contribution < 1.29 is 19.7 Å². The van der Waals surface area contributed by atoms with Gasteiger partial charge in [-0.15, -0.1) is 0 Å². The Morgan fingerprint density at radius 3 is 1.01 bits per heavy atom. The molecule has 139 heavy (non-hydrogen) atoms. The van der Waals surface area contributed by atoms with Gasteiger partial charge in [0.25, 0.3) is 0 Å². The number of benzene rings is 19. The van der Waals surface area contributed by atoms with Gasteiger partial charge in [-0.3, -0.25) is 0 Å². The molecule has 0 spiro atoms. The lowest BCUT2D eigenvalue weighted by Crippen LogP contribution is -2.19. The number of alkyl halides is 1. The molecule has 3 unspecified atom stereocenters. The van der Waals surface area contributed by atoms with Crippen LogP contribution in [0, 0.1) is 0 Å². The van der Waals surface area contributed by atoms with Crippen molar-refractivity contribution in [3.05, 3.63) is 515 Å². The Bertz CT molecular complexity index is 8250. The highest BCUT2D eigenvalue weighted by Crippen LogP contribution is 2.55. The molecule has 21 aromatic rings. The van der Waals surface area contributed by atoms with Crippen LogP contribution in [0.15, 0.2) is 437 Å². The summed E-state index contributed by atoms with van der Waals surface area (Å²) in [6, 6.07) is 158. The molecule has 5 aliphatic carbocycles. The molecule has 26 rings (SSSR count). The number of para-hydroxylation sites is 2. The van der Waals surface area contributed by atoms with E-state index in [9.17, 15) is 10.2 Å². The number of rotatable bonds is 20. The van der Waals surface area contributed by atoms with Crippen molar-refractivity contribution in [3.63, 3.8) is 0 Å². The Hall–Kier alpha value is -15.3. The number of hydrogen-bond acceptors (Lipinski definition) is 6. The minimum atomic E-state index is -0.188. The Morgan fingerprint density at radius 1 is 0.266 bits per heavy atom. The molecule has 2 heterocycles. The zero-order valence-electron chi connectivity index (χ0n) is 78.1. The van der Waals surface area contributed by atoms with Crippen molar-refractivity contribution in [1.29, 1.82) is 0 Å². The van der Waals surface area contributed by atoms with Crippen LogP contribution < -0.4 is 9.80 Å². The van der Waals surface area contributed by atoms with Gasteiger partial charge in [0.15, 0.2) is 0 Å². The molecule has 3 atom stereocenters. The number of ether oxygens (including phenoxy) is 2. The van der Waals surface area contributed by atoms with Crippen molar-refractivity contribution >= 4 is 93.7 Å². The standard InChI is InChI=1S/C69H54N2O2.C53H42N2O2.C8H7Br/c1-69(2)63-36-22-46(44-73-68-41-52-15-7-9-17-58(52)68)38-61(63)59-35-34-56(42-64(59)69)70(53-30-23-48(24-31-53)47-12-4-3-5-13-47)54-32-25-49(26-33-54)50-27-37-66-62(39-50)60-18-10-11-19-65(60)71(66)55-28-20-45(21-29-55)43-72-67-40-51-14-6-8-16-57(51)67;1-53(2)49-28-14-36(34-57)30-47(49)45-27-26-44(32-50(45)53)54(41-22-15-38(16-23-41)37-8-4-3-5-9-37)42-24-17-39(18-25-42)40-19-29-52-48(31-40)46-10-6-7-11-51(46)55(52)43-20-12-35(33-56)13-21-43;9-8-5-6-3-1-2-4-7(6)8/h3-39,42,67-68H,40-41,43-44H2,1-2H3;3-32,56-57H,33-34H2,1-2H3;1-4,8H,5H2. The van der Waals surface area contributed by atoms with E-state index in [1.165, 1.54) is 161 Å². The van der Waals surface area contributed by atoms with E-state index in [4.69, 9.17) is 9.47 Å². The summed E-state index contributed by atoms with van der Waals surface area (Å²) in [5.41, 5.74) is 45.5. The summed E-state index contributed by atoms with van der Waals surface area (Å²) < 4.78 is 17.5. The van der Waals surface area contributed by atoms with Gasteiger partial charge in [0.05, 0.1) is 60.7 Å². The Labute approximate surface area is 820 Å². The summed E-state index contributed by atoms with van der Waals surface area (Å²) in [7, 11) is 0. The average Bonchev–Trinajstić information content (AvgIpc) is 1.58. The number of hydrogen-bond donors (Lipinski definition) is 2. The molecule has 0 amide bonds. The highest BCUT2D eigenvalue weighted by atomic mass is 79.9. The van der Waals surface area contributed by atoms with Gasteiger partial charge in [-0.25, -0.2) is 0 Å². The van der Waals surface area contributed by atoms with Crippen molar-refractivity contribution in [3.8, 4) is 78.1 Å². The van der Waals surface area contributed by atoms with Gasteiger partial charge in [-0.2, -0.15) is 0 Å². The van der Waals surface area contributed by atoms with E-state index in [2.05, 4.69) is 481 Å². The fraction of sp³-hybridized carbons (Fsp3) is 0.123. The first-order chi connectivity index (χ1) is 68.2. The summed E-state index contributed by atoms with van der Waals surface area (Å²) in [4.78, 5) is 5.40. The summed E-state index contributed by atoms with van der Waals surface area (Å²) >= 11 is 3.56. The number of nitrogens with zero attached hydrogens (tertiary/aromatic N) is 4. The maximum absolute atomic E-state index is 9.93. The molecular formula is C130H103BrN4O4. The molecule has 0 saturated carbocycles. The highest BCUT2D eigenvalue weighted by Gasteiger charge is 2.39. The van der Waals surface area contributed by atoms with Gasteiger partial charge in [0.1, 0.15) is 0 Å². The van der Waals surface area contributed by atoms with Crippen LogP contribution in [0.3, 0.4) is 0 Å². The number of fused-ring (bicyclic) bond motifs is 15. The summed E-state index contributed by atoms with van der Waals surface area (Å²) in [5, 5.41) is 24.4. The van der Waals surface area contributed by atoms with Gasteiger partial charge in [0.2, 0.25) is 0 Å². The topological polar surface area (TPSA) is 75.3 Å². The quantitative estimate of drug-likeness (QED) is 0.0741. The van der Waals surface area contributed by atoms with Crippen LogP contribution in [0.25, 0.3) is 122 Å². The predicted octanol–water partition coefficient (Wildman–Crippen LogP) is 33.1. The van der Waals surface area contributed by atoms with Gasteiger partial charge in [-0.05, 0) is 297 Å². The smallest absolute Gasteiger partial charge is 0.0872 e. The van der Waals surface area contributed by atoms with Crippen molar-refractivity contribution in [2.45, 2.75) is 101 Å². The van der Waals surface area contributed by atoms with Crippen molar-refractivity contribution in [2.24, 2.45) is 0 Å². The second-order valence-corrected chi connectivity index (χ2v) is 39.8. The zero-order chi connectivity index (χ0) is 93.6. The second kappa shape index (κ2) is 36.0. The van der Waals surface area contributed by atoms with Crippen LogP contribution in [-0.4, -0.2) is 19.3 Å². The van der Waals surface area contributed by atoms with Crippen molar-refractivity contribution in [2.75, 3.05) is 9.80 Å². The molecule has 9 heteroatoms. The second-order valence-electron chi connectivity index (χ2n) is 38.7. The molecule has 2 aromatic heterocycles. The molecule has 0 saturated heterocycles. The van der Waals surface area contributed by atoms with E-state index in [1.807, 2.05) is 18.2 Å². The third kappa shape index (κ3) is 15.9. The SMILES string of the molecule is BrC1Cc2ccccc21.CC1(C)c2ccc(CO)cc2-c2ccc(N(c3ccc(-c4ccccc4)cc3)c3ccc(-c4ccc5c(c4)c4ccccc4n5-c4ccc(CO)cc4)cc3)cc21.CC1(C)c2ccc(COC3Cc4ccccc43)cc2-c2ccc(N(c3ccc(-c4ccccc4)cc3)c3ccc(-c4ccc5c(c4)c4ccccc4n5-c4ccc(COC5Cc6ccccc65)cc4)cc3)cc21. The Balaban J connectivity index is 0.000000142. The zero-order valence-corrected chi connectivity index (χ0v) is 79.7. The largest absolute Gasteiger partial charge is 0.392 e. The van der Waals surface area contributed by atoms with Crippen LogP contribution in [0.4, 0.5) is 34.1 Å². The molecule has 0 fully saturated rings. The Morgan fingerprint density at radius 2 is 0.597 bits per heavy atom. The van der Waals surface area contributed by atoms with Crippen molar-refractivity contribution in [1.82, 2.24) is 9.13 Å². The number of halogens is 1. The number of aliphatic hydroxyl groups is 2. The Kier molecular flexibility index (Phi) is 22.4. The lowest BCUT2D eigenvalue weighted by Gasteiger charge is -2.30. The molecule has 674 valence electrons. The molecule has 19 aromatic carbocycles. The lowest BCUT2D eigenvalue weighted by atomic mass is 9.82. The maximum atomic E-state index is 9.93. The first-order valence-electron chi connectivity index (χ1n) is 48.5. The molecule has 5 aliphatic rings. The van der Waals surface area contributed by atoms with Gasteiger partial charge >= 0.3 is 0 Å². The molecule has 8 nitrogen and oxygen atoms in total. The fourth-order valence-corrected chi connectivity index (χ4v) is 22.9. The molecular weight excluding hydrogens is 1760 g/mol. The molecule has 0 bridgehead atoms. The molecule has 0 aliphatic heterocycles. The average molecular weight is 1870 g/mol. The lowest BCUT2D eigenvalue weighted by molar-refractivity contribution is 0.0243. The molecule has 2 N–H and O–H groups in total. The van der Waals surface area contributed by atoms with E-state index in [0.717, 1.165) is 91.6 Å². The van der Waals surface area contributed by atoms with E-state index in [0.29, 0.717) is 18.0 Å². The third-order valence-corrected chi connectivity index (χ3v) is 30.6. The maximum Gasteiger partial charge on any atom is 0.0872 e. The normalized spacial score (nSPS) is 15.0. The summed E-state index contributed by atoms with van der Waals surface area (Å²) in [6.45, 7) is 10.6. The van der Waals surface area contributed by atoms with Gasteiger partial charge in [0, 0.05) is 95.5 Å². The highest BCUT2D eigenvalue weighted by molar-refractivity contribution is 9.09. The first kappa shape index (κ1) is 86.5. The number of aliphatic hydroxyl groups excluding tert-OH is 2. The first-order valence-corrected chi connectivity index (χ1v) is 49.4. The van der Waals surface area contributed by atoms with E-state index >= 15 is 0 Å². The fourth-order valence-electron chi connectivity index (χ4n) is 22.1. The van der Waals surface area contributed by atoms with E-state index < -0.39 is 0 Å². The monoisotopic (exact) mass is 1860 g/mol. The minimum absolute atomic E-state index is 0.0288.